The highest BCUT2D eigenvalue weighted by molar-refractivity contribution is 8.00. The number of fused-ring (bicyclic) bond motifs is 1. The van der Waals surface area contributed by atoms with Gasteiger partial charge < -0.3 is 4.57 Å². The van der Waals surface area contributed by atoms with Crippen molar-refractivity contribution in [2.45, 2.75) is 50.1 Å². The monoisotopic (exact) mass is 378 g/mol. The van der Waals surface area contributed by atoms with Crippen LogP contribution in [-0.4, -0.2) is 30.8 Å². The zero-order valence-corrected chi connectivity index (χ0v) is 16.4. The minimum atomic E-state index is -0.218. The van der Waals surface area contributed by atoms with E-state index in [0.29, 0.717) is 0 Å². The van der Waals surface area contributed by atoms with Crippen LogP contribution in [0.5, 0.6) is 0 Å². The zero-order chi connectivity index (χ0) is 18.8. The van der Waals surface area contributed by atoms with E-state index < -0.39 is 0 Å². The number of hydrogen-bond donors (Lipinski definition) is 0. The number of aromatic nitrogens is 4. The summed E-state index contributed by atoms with van der Waals surface area (Å²) < 4.78 is 2.05. The number of rotatable bonds is 6. The van der Waals surface area contributed by atoms with Gasteiger partial charge in [0.05, 0.1) is 5.25 Å². The minimum Gasteiger partial charge on any atom is -0.302 e. The van der Waals surface area contributed by atoms with E-state index in [0.717, 1.165) is 41.5 Å². The molecule has 2 aromatic heterocycles. The van der Waals surface area contributed by atoms with Crippen LogP contribution >= 0.6 is 11.8 Å². The molecule has 0 N–H and O–H groups in total. The maximum atomic E-state index is 12.9. The van der Waals surface area contributed by atoms with Gasteiger partial charge in [0, 0.05) is 30.1 Å². The van der Waals surface area contributed by atoms with Crippen LogP contribution in [0.15, 0.2) is 47.9 Å². The Hall–Kier alpha value is -2.47. The van der Waals surface area contributed by atoms with Gasteiger partial charge in [-0.15, -0.1) is 10.2 Å². The Kier molecular flexibility index (Phi) is 5.07. The first-order valence-corrected chi connectivity index (χ1v) is 10.2. The molecule has 1 unspecified atom stereocenters. The number of thioether (sulfide) groups is 1. The molecule has 6 heteroatoms. The molecular formula is C21H22N4OS. The van der Waals surface area contributed by atoms with Crippen molar-refractivity contribution in [3.05, 3.63) is 59.4 Å². The maximum Gasteiger partial charge on any atom is 0.192 e. The summed E-state index contributed by atoms with van der Waals surface area (Å²) in [6.45, 7) is 4.75. The molecule has 1 atom stereocenters. The van der Waals surface area contributed by atoms with Crippen LogP contribution in [0.1, 0.15) is 41.8 Å². The summed E-state index contributed by atoms with van der Waals surface area (Å²) in [4.78, 5) is 17.0. The number of Topliss-reactive ketones (excluding diaryl/α,β-unsaturated/α-hetero) is 1. The van der Waals surface area contributed by atoms with Crippen LogP contribution in [-0.2, 0) is 19.4 Å². The Morgan fingerprint density at radius 2 is 1.93 bits per heavy atom. The predicted octanol–water partition coefficient (Wildman–Crippen LogP) is 4.21. The highest BCUT2D eigenvalue weighted by Crippen LogP contribution is 2.29. The molecular weight excluding hydrogens is 356 g/mol. The Morgan fingerprint density at radius 3 is 2.70 bits per heavy atom. The van der Waals surface area contributed by atoms with Gasteiger partial charge in [-0.05, 0) is 62.4 Å². The third-order valence-corrected chi connectivity index (χ3v) is 6.09. The molecule has 1 aromatic carbocycles. The molecule has 1 aliphatic rings. The van der Waals surface area contributed by atoms with E-state index in [1.54, 1.807) is 12.4 Å². The first-order chi connectivity index (χ1) is 13.2. The molecule has 1 aliphatic carbocycles. The zero-order valence-electron chi connectivity index (χ0n) is 15.6. The number of ketones is 1. The second-order valence-electron chi connectivity index (χ2n) is 6.75. The number of pyridine rings is 1. The van der Waals surface area contributed by atoms with Gasteiger partial charge in [-0.1, -0.05) is 23.9 Å². The van der Waals surface area contributed by atoms with Crippen LogP contribution < -0.4 is 0 Å². The Labute approximate surface area is 163 Å². The van der Waals surface area contributed by atoms with E-state index in [-0.39, 0.29) is 11.0 Å². The fourth-order valence-electron chi connectivity index (χ4n) is 3.55. The van der Waals surface area contributed by atoms with Gasteiger partial charge in [-0.3, -0.25) is 9.78 Å². The molecule has 27 heavy (non-hydrogen) atoms. The van der Waals surface area contributed by atoms with Crippen LogP contribution in [0.4, 0.5) is 0 Å². The SMILES string of the molecule is CCn1c(SC(C)C(=O)c2ccc3c(c2)CCC3)nnc1-c1ccncc1. The van der Waals surface area contributed by atoms with Crippen molar-refractivity contribution in [1.82, 2.24) is 19.7 Å². The average molecular weight is 379 g/mol. The Bertz CT molecular complexity index is 968. The van der Waals surface area contributed by atoms with Crippen molar-refractivity contribution in [2.24, 2.45) is 0 Å². The first-order valence-electron chi connectivity index (χ1n) is 9.33. The predicted molar refractivity (Wildman–Crippen MR) is 107 cm³/mol. The van der Waals surface area contributed by atoms with Crippen molar-refractivity contribution in [3.63, 3.8) is 0 Å². The van der Waals surface area contributed by atoms with Gasteiger partial charge in [0.15, 0.2) is 16.8 Å². The lowest BCUT2D eigenvalue weighted by Gasteiger charge is -2.12. The summed E-state index contributed by atoms with van der Waals surface area (Å²) >= 11 is 1.47. The van der Waals surface area contributed by atoms with Crippen molar-refractivity contribution in [1.29, 1.82) is 0 Å². The van der Waals surface area contributed by atoms with E-state index >= 15 is 0 Å². The van der Waals surface area contributed by atoms with Crippen molar-refractivity contribution < 1.29 is 4.79 Å². The number of carbonyl (C=O) groups is 1. The maximum absolute atomic E-state index is 12.9. The van der Waals surface area contributed by atoms with Gasteiger partial charge in [0.1, 0.15) is 0 Å². The van der Waals surface area contributed by atoms with E-state index in [1.807, 2.05) is 29.7 Å². The standard InChI is InChI=1S/C21H22N4OS/c1-3-25-20(16-9-11-22-12-10-16)23-24-21(25)27-14(2)19(26)18-8-7-15-5-4-6-17(15)13-18/h7-14H,3-6H2,1-2H3. The third-order valence-electron chi connectivity index (χ3n) is 5.01. The molecule has 5 nitrogen and oxygen atoms in total. The number of hydrogen-bond acceptors (Lipinski definition) is 5. The number of nitrogens with zero attached hydrogens (tertiary/aromatic N) is 4. The lowest BCUT2D eigenvalue weighted by Crippen LogP contribution is -2.15. The summed E-state index contributed by atoms with van der Waals surface area (Å²) in [5, 5.41) is 9.23. The molecule has 138 valence electrons. The second-order valence-corrected chi connectivity index (χ2v) is 8.06. The molecule has 2 heterocycles. The van der Waals surface area contributed by atoms with Gasteiger partial charge in [0.2, 0.25) is 0 Å². The fraction of sp³-hybridized carbons (Fsp3) is 0.333. The number of carbonyl (C=O) groups excluding carboxylic acids is 1. The van der Waals surface area contributed by atoms with Gasteiger partial charge in [-0.25, -0.2) is 0 Å². The molecule has 3 aromatic rings. The van der Waals surface area contributed by atoms with E-state index in [9.17, 15) is 4.79 Å². The lowest BCUT2D eigenvalue weighted by atomic mass is 10.0. The van der Waals surface area contributed by atoms with Crippen LogP contribution in [0.2, 0.25) is 0 Å². The molecule has 4 rings (SSSR count). The largest absolute Gasteiger partial charge is 0.302 e. The van der Waals surface area contributed by atoms with Crippen LogP contribution in [0, 0.1) is 0 Å². The number of aryl methyl sites for hydroxylation is 2. The molecule has 0 saturated carbocycles. The molecule has 0 amide bonds. The summed E-state index contributed by atoms with van der Waals surface area (Å²) in [5.41, 5.74) is 4.49. The first kappa shape index (κ1) is 17.9. The smallest absolute Gasteiger partial charge is 0.192 e. The van der Waals surface area contributed by atoms with Crippen molar-refractivity contribution in [2.75, 3.05) is 0 Å². The number of benzene rings is 1. The Morgan fingerprint density at radius 1 is 1.15 bits per heavy atom. The van der Waals surface area contributed by atoms with Gasteiger partial charge in [0.25, 0.3) is 0 Å². The second kappa shape index (κ2) is 7.64. The fourth-order valence-corrected chi connectivity index (χ4v) is 4.54. The summed E-state index contributed by atoms with van der Waals surface area (Å²) in [5.74, 6) is 0.949. The highest BCUT2D eigenvalue weighted by Gasteiger charge is 2.22. The quantitative estimate of drug-likeness (QED) is 0.475. The molecule has 0 radical (unpaired) electrons. The van der Waals surface area contributed by atoms with E-state index in [4.69, 9.17) is 0 Å². The van der Waals surface area contributed by atoms with Crippen molar-refractivity contribution >= 4 is 17.5 Å². The minimum absolute atomic E-state index is 0.144. The van der Waals surface area contributed by atoms with Gasteiger partial charge >= 0.3 is 0 Å². The van der Waals surface area contributed by atoms with Crippen LogP contribution in [0.3, 0.4) is 0 Å². The third kappa shape index (κ3) is 3.54. The molecule has 0 bridgehead atoms. The molecule has 0 aliphatic heterocycles. The highest BCUT2D eigenvalue weighted by atomic mass is 32.2. The van der Waals surface area contributed by atoms with E-state index in [2.05, 4.69) is 34.2 Å². The van der Waals surface area contributed by atoms with Crippen LogP contribution in [0.25, 0.3) is 11.4 Å². The van der Waals surface area contributed by atoms with Crippen molar-refractivity contribution in [3.8, 4) is 11.4 Å². The summed E-state index contributed by atoms with van der Waals surface area (Å²) in [6.07, 6.45) is 6.89. The normalized spacial score (nSPS) is 14.1. The molecule has 0 spiro atoms. The molecule has 0 fully saturated rings. The molecule has 0 saturated heterocycles. The lowest BCUT2D eigenvalue weighted by molar-refractivity contribution is 0.0993. The van der Waals surface area contributed by atoms with E-state index in [1.165, 1.54) is 29.3 Å². The topological polar surface area (TPSA) is 60.7 Å². The summed E-state index contributed by atoms with van der Waals surface area (Å²) in [7, 11) is 0. The average Bonchev–Trinajstić information content (AvgIpc) is 3.33. The summed E-state index contributed by atoms with van der Waals surface area (Å²) in [6, 6.07) is 10.0. The van der Waals surface area contributed by atoms with Gasteiger partial charge in [-0.2, -0.15) is 0 Å². The Balaban J connectivity index is 1.55.